The van der Waals surface area contributed by atoms with E-state index >= 15 is 0 Å². The predicted molar refractivity (Wildman–Crippen MR) is 104 cm³/mol. The summed E-state index contributed by atoms with van der Waals surface area (Å²) in [7, 11) is 1.36. The quantitative estimate of drug-likeness (QED) is 0.644. The molecule has 0 saturated carbocycles. The second-order valence-electron chi connectivity index (χ2n) is 6.02. The van der Waals surface area contributed by atoms with Gasteiger partial charge >= 0.3 is 0 Å². The number of halogens is 3. The van der Waals surface area contributed by atoms with Gasteiger partial charge in [-0.3, -0.25) is 4.98 Å². The van der Waals surface area contributed by atoms with Crippen LogP contribution in [0.1, 0.15) is 24.1 Å². The second-order valence-corrected chi connectivity index (χ2v) is 6.43. The monoisotopic (exact) mass is 416 g/mol. The summed E-state index contributed by atoms with van der Waals surface area (Å²) in [4.78, 5) is 11.6. The van der Waals surface area contributed by atoms with Crippen molar-refractivity contribution in [2.75, 3.05) is 18.2 Å². The molecule has 3 aromatic rings. The Kier molecular flexibility index (Phi) is 5.75. The molecule has 2 heterocycles. The summed E-state index contributed by atoms with van der Waals surface area (Å²) in [6.45, 7) is 1.74. The van der Waals surface area contributed by atoms with E-state index in [1.807, 2.05) is 6.07 Å². The number of hydrogen-bond acceptors (Lipinski definition) is 7. The standard InChI is InChI=1S/C19H15ClF2N6O/c1-9(28-19-13(5-23)18(24)26-8-27-19)12-4-14(20)16(22)15(17(12)29-2)10-3-11(21)7-25-6-10/h3-4,6-9H,1-2H3,(H3,24,26,27,28). The molecule has 1 atom stereocenters. The van der Waals surface area contributed by atoms with Crippen LogP contribution in [0.25, 0.3) is 11.1 Å². The Morgan fingerprint density at radius 1 is 1.28 bits per heavy atom. The van der Waals surface area contributed by atoms with Crippen molar-refractivity contribution in [3.05, 3.63) is 58.6 Å². The number of nitrogens with zero attached hydrogens (tertiary/aromatic N) is 4. The van der Waals surface area contributed by atoms with Crippen molar-refractivity contribution in [1.82, 2.24) is 15.0 Å². The molecule has 0 aliphatic carbocycles. The number of pyridine rings is 1. The number of rotatable bonds is 5. The SMILES string of the molecule is COc1c(C(C)Nc2ncnc(N)c2C#N)cc(Cl)c(F)c1-c1cncc(F)c1. The Morgan fingerprint density at radius 2 is 2.03 bits per heavy atom. The lowest BCUT2D eigenvalue weighted by Crippen LogP contribution is -2.13. The third-order valence-electron chi connectivity index (χ3n) is 4.21. The fourth-order valence-electron chi connectivity index (χ4n) is 2.88. The first-order valence-corrected chi connectivity index (χ1v) is 8.69. The van der Waals surface area contributed by atoms with Gasteiger partial charge in [0.05, 0.1) is 29.9 Å². The van der Waals surface area contributed by atoms with Crippen LogP contribution in [0.4, 0.5) is 20.4 Å². The van der Waals surface area contributed by atoms with E-state index in [2.05, 4.69) is 20.3 Å². The van der Waals surface area contributed by atoms with Crippen LogP contribution in [-0.2, 0) is 0 Å². The molecule has 7 nitrogen and oxygen atoms in total. The number of nitriles is 1. The lowest BCUT2D eigenvalue weighted by molar-refractivity contribution is 0.406. The van der Waals surface area contributed by atoms with Gasteiger partial charge in [0.15, 0.2) is 5.82 Å². The molecule has 0 aliphatic rings. The average molecular weight is 417 g/mol. The van der Waals surface area contributed by atoms with Crippen molar-refractivity contribution in [2.45, 2.75) is 13.0 Å². The minimum Gasteiger partial charge on any atom is -0.496 e. The summed E-state index contributed by atoms with van der Waals surface area (Å²) < 4.78 is 33.9. The van der Waals surface area contributed by atoms with Crippen molar-refractivity contribution < 1.29 is 13.5 Å². The zero-order valence-electron chi connectivity index (χ0n) is 15.4. The minimum absolute atomic E-state index is 0.0211. The van der Waals surface area contributed by atoms with Crippen molar-refractivity contribution >= 4 is 23.2 Å². The molecule has 10 heteroatoms. The van der Waals surface area contributed by atoms with Crippen LogP contribution >= 0.6 is 11.6 Å². The van der Waals surface area contributed by atoms with Crippen LogP contribution in [0.3, 0.4) is 0 Å². The second kappa shape index (κ2) is 8.24. The van der Waals surface area contributed by atoms with Crippen molar-refractivity contribution in [1.29, 1.82) is 5.26 Å². The molecule has 0 bridgehead atoms. The van der Waals surface area contributed by atoms with E-state index in [0.717, 1.165) is 12.3 Å². The summed E-state index contributed by atoms with van der Waals surface area (Å²) >= 11 is 6.10. The van der Waals surface area contributed by atoms with Crippen LogP contribution in [0.2, 0.25) is 5.02 Å². The molecule has 0 saturated heterocycles. The van der Waals surface area contributed by atoms with Gasteiger partial charge in [-0.15, -0.1) is 0 Å². The van der Waals surface area contributed by atoms with Gasteiger partial charge in [0.1, 0.15) is 41.2 Å². The first-order valence-electron chi connectivity index (χ1n) is 8.31. The molecule has 0 spiro atoms. The Bertz CT molecular complexity index is 1120. The van der Waals surface area contributed by atoms with Gasteiger partial charge in [0, 0.05) is 17.3 Å². The van der Waals surface area contributed by atoms with Gasteiger partial charge in [-0.1, -0.05) is 11.6 Å². The van der Waals surface area contributed by atoms with E-state index in [-0.39, 0.29) is 39.1 Å². The van der Waals surface area contributed by atoms with Gasteiger partial charge in [0.25, 0.3) is 0 Å². The predicted octanol–water partition coefficient (Wildman–Crippen LogP) is 4.11. The largest absolute Gasteiger partial charge is 0.496 e. The average Bonchev–Trinajstić information content (AvgIpc) is 2.69. The molecule has 3 N–H and O–H groups in total. The van der Waals surface area contributed by atoms with E-state index in [9.17, 15) is 14.0 Å². The number of ether oxygens (including phenoxy) is 1. The van der Waals surface area contributed by atoms with Crippen LogP contribution in [0.15, 0.2) is 30.9 Å². The summed E-state index contributed by atoms with van der Waals surface area (Å²) in [5.74, 6) is -1.04. The maximum atomic E-state index is 14.8. The Balaban J connectivity index is 2.13. The summed E-state index contributed by atoms with van der Waals surface area (Å²) in [6, 6.07) is 3.92. The smallest absolute Gasteiger partial charge is 0.153 e. The molecular formula is C19H15ClF2N6O. The van der Waals surface area contributed by atoms with Crippen LogP contribution in [-0.4, -0.2) is 22.1 Å². The molecule has 148 valence electrons. The normalized spacial score (nSPS) is 11.6. The topological polar surface area (TPSA) is 110 Å². The van der Waals surface area contributed by atoms with Crippen molar-refractivity contribution in [3.8, 4) is 22.9 Å². The lowest BCUT2D eigenvalue weighted by Gasteiger charge is -2.22. The molecule has 2 aromatic heterocycles. The van der Waals surface area contributed by atoms with Crippen LogP contribution < -0.4 is 15.8 Å². The third kappa shape index (κ3) is 3.88. The number of nitrogens with one attached hydrogen (secondary N) is 1. The number of aromatic nitrogens is 3. The summed E-state index contributed by atoms with van der Waals surface area (Å²) in [5.41, 5.74) is 6.37. The molecule has 0 fully saturated rings. The summed E-state index contributed by atoms with van der Waals surface area (Å²) in [5, 5.41) is 12.1. The van der Waals surface area contributed by atoms with E-state index < -0.39 is 17.7 Å². The van der Waals surface area contributed by atoms with Gasteiger partial charge in [-0.2, -0.15) is 5.26 Å². The Labute approximate surface area is 170 Å². The van der Waals surface area contributed by atoms with Gasteiger partial charge in [-0.25, -0.2) is 18.7 Å². The zero-order chi connectivity index (χ0) is 21.1. The Hall–Kier alpha value is -3.51. The fourth-order valence-corrected chi connectivity index (χ4v) is 3.09. The molecule has 1 unspecified atom stereocenters. The first-order chi connectivity index (χ1) is 13.9. The zero-order valence-corrected chi connectivity index (χ0v) is 16.1. The van der Waals surface area contributed by atoms with E-state index in [1.54, 1.807) is 6.92 Å². The van der Waals surface area contributed by atoms with Crippen molar-refractivity contribution in [3.63, 3.8) is 0 Å². The van der Waals surface area contributed by atoms with E-state index in [1.165, 1.54) is 25.7 Å². The maximum Gasteiger partial charge on any atom is 0.153 e. The van der Waals surface area contributed by atoms with Crippen molar-refractivity contribution in [2.24, 2.45) is 0 Å². The number of nitrogen functional groups attached to an aromatic ring is 1. The van der Waals surface area contributed by atoms with Crippen LogP contribution in [0, 0.1) is 23.0 Å². The van der Waals surface area contributed by atoms with E-state index in [0.29, 0.717) is 5.56 Å². The summed E-state index contributed by atoms with van der Waals surface area (Å²) in [6.07, 6.45) is 3.53. The van der Waals surface area contributed by atoms with Gasteiger partial charge < -0.3 is 15.8 Å². The number of benzene rings is 1. The Morgan fingerprint density at radius 3 is 2.69 bits per heavy atom. The third-order valence-corrected chi connectivity index (χ3v) is 4.48. The number of methoxy groups -OCH3 is 1. The highest BCUT2D eigenvalue weighted by atomic mass is 35.5. The molecule has 0 radical (unpaired) electrons. The minimum atomic E-state index is -0.768. The maximum absolute atomic E-state index is 14.8. The molecule has 1 aromatic carbocycles. The lowest BCUT2D eigenvalue weighted by atomic mass is 9.98. The highest BCUT2D eigenvalue weighted by molar-refractivity contribution is 6.31. The number of hydrogen-bond donors (Lipinski definition) is 2. The first kappa shape index (κ1) is 20.2. The number of anilines is 2. The fraction of sp³-hybridized carbons (Fsp3) is 0.158. The van der Waals surface area contributed by atoms with Gasteiger partial charge in [0.2, 0.25) is 0 Å². The van der Waals surface area contributed by atoms with E-state index in [4.69, 9.17) is 22.1 Å². The highest BCUT2D eigenvalue weighted by Crippen LogP contribution is 2.42. The molecular weight excluding hydrogens is 402 g/mol. The highest BCUT2D eigenvalue weighted by Gasteiger charge is 2.24. The van der Waals surface area contributed by atoms with Gasteiger partial charge in [-0.05, 0) is 19.1 Å². The molecule has 29 heavy (non-hydrogen) atoms. The number of nitrogens with two attached hydrogens (primary N) is 1. The van der Waals surface area contributed by atoms with Crippen LogP contribution in [0.5, 0.6) is 5.75 Å². The molecule has 0 amide bonds. The molecule has 0 aliphatic heterocycles. The molecule has 3 rings (SSSR count).